The molecule has 0 aliphatic rings. The number of benzene rings is 1. The minimum absolute atomic E-state index is 0.171. The van der Waals surface area contributed by atoms with E-state index >= 15 is 0 Å². The lowest BCUT2D eigenvalue weighted by atomic mass is 10.2. The van der Waals surface area contributed by atoms with Gasteiger partial charge in [0, 0.05) is 28.7 Å². The zero-order valence-corrected chi connectivity index (χ0v) is 13.3. The Bertz CT molecular complexity index is 611. The topological polar surface area (TPSA) is 49.7 Å². The summed E-state index contributed by atoms with van der Waals surface area (Å²) in [6.07, 6.45) is 1.85. The second kappa shape index (κ2) is 8.78. The summed E-state index contributed by atoms with van der Waals surface area (Å²) < 4.78 is 17.4. The maximum atomic E-state index is 11.8. The highest BCUT2D eigenvalue weighted by Gasteiger charge is 2.07. The van der Waals surface area contributed by atoms with Crippen molar-refractivity contribution in [3.63, 3.8) is 0 Å². The van der Waals surface area contributed by atoms with Gasteiger partial charge in [0.1, 0.15) is 13.2 Å². The molecular formula is C16H20ClNO4. The Morgan fingerprint density at radius 2 is 1.91 bits per heavy atom. The lowest BCUT2D eigenvalue weighted by Gasteiger charge is -2.08. The van der Waals surface area contributed by atoms with Gasteiger partial charge < -0.3 is 18.8 Å². The highest BCUT2D eigenvalue weighted by molar-refractivity contribution is 6.31. The quantitative estimate of drug-likeness (QED) is 0.525. The summed E-state index contributed by atoms with van der Waals surface area (Å²) in [4.78, 5) is 11.8. The van der Waals surface area contributed by atoms with Crippen LogP contribution in [0.2, 0.25) is 5.02 Å². The molecule has 2 aromatic rings. The summed E-state index contributed by atoms with van der Waals surface area (Å²) >= 11 is 5.94. The third-order valence-electron chi connectivity index (χ3n) is 3.10. The van der Waals surface area contributed by atoms with Crippen LogP contribution in [0, 0.1) is 0 Å². The number of hydrogen-bond donors (Lipinski definition) is 0. The van der Waals surface area contributed by atoms with Crippen LogP contribution < -0.4 is 0 Å². The summed E-state index contributed by atoms with van der Waals surface area (Å²) in [5, 5.41) is 1.68. The maximum Gasteiger partial charge on any atom is 0.326 e. The van der Waals surface area contributed by atoms with Crippen LogP contribution in [0.25, 0.3) is 10.9 Å². The van der Waals surface area contributed by atoms with E-state index in [1.807, 2.05) is 35.9 Å². The molecule has 0 spiro atoms. The van der Waals surface area contributed by atoms with Gasteiger partial charge >= 0.3 is 5.97 Å². The number of fused-ring (bicyclic) bond motifs is 1. The van der Waals surface area contributed by atoms with Crippen molar-refractivity contribution < 1.29 is 19.0 Å². The van der Waals surface area contributed by atoms with Crippen LogP contribution in [-0.2, 0) is 25.5 Å². The Morgan fingerprint density at radius 1 is 1.14 bits per heavy atom. The fourth-order valence-electron chi connectivity index (χ4n) is 2.07. The van der Waals surface area contributed by atoms with Crippen LogP contribution in [0.3, 0.4) is 0 Å². The van der Waals surface area contributed by atoms with Crippen LogP contribution in [0.4, 0.5) is 0 Å². The first-order valence-electron chi connectivity index (χ1n) is 7.26. The summed E-state index contributed by atoms with van der Waals surface area (Å²) in [5.74, 6) is -0.291. The number of hydrogen-bond acceptors (Lipinski definition) is 4. The van der Waals surface area contributed by atoms with Crippen molar-refractivity contribution >= 4 is 28.5 Å². The monoisotopic (exact) mass is 325 g/mol. The summed E-state index contributed by atoms with van der Waals surface area (Å²) in [7, 11) is 0. The molecule has 0 N–H and O–H groups in total. The Morgan fingerprint density at radius 3 is 2.73 bits per heavy atom. The normalized spacial score (nSPS) is 11.0. The van der Waals surface area contributed by atoms with Gasteiger partial charge in [0.2, 0.25) is 0 Å². The highest BCUT2D eigenvalue weighted by atomic mass is 35.5. The first-order valence-corrected chi connectivity index (χ1v) is 7.64. The standard InChI is InChI=1S/C16H20ClNO4/c1-2-20-7-8-21-9-10-22-16(19)12-18-6-5-13-11-14(17)3-4-15(13)18/h3-6,11H,2,7-10,12H2,1H3. The second-order valence-electron chi connectivity index (χ2n) is 4.68. The summed E-state index contributed by atoms with van der Waals surface area (Å²) in [6.45, 7) is 4.47. The zero-order chi connectivity index (χ0) is 15.8. The number of nitrogens with zero attached hydrogens (tertiary/aromatic N) is 1. The molecule has 0 radical (unpaired) electrons. The molecule has 1 heterocycles. The van der Waals surface area contributed by atoms with E-state index in [1.165, 1.54) is 0 Å². The molecule has 0 aliphatic heterocycles. The number of rotatable bonds is 9. The molecule has 1 aromatic heterocycles. The minimum atomic E-state index is -0.291. The zero-order valence-electron chi connectivity index (χ0n) is 12.6. The van der Waals surface area contributed by atoms with Gasteiger partial charge in [-0.3, -0.25) is 4.79 Å². The summed E-state index contributed by atoms with van der Waals surface area (Å²) in [6, 6.07) is 7.48. The molecule has 2 rings (SSSR count). The second-order valence-corrected chi connectivity index (χ2v) is 5.11. The smallest absolute Gasteiger partial charge is 0.326 e. The Balaban J connectivity index is 1.72. The van der Waals surface area contributed by atoms with E-state index < -0.39 is 0 Å². The average molecular weight is 326 g/mol. The van der Waals surface area contributed by atoms with Gasteiger partial charge in [0.05, 0.1) is 19.8 Å². The van der Waals surface area contributed by atoms with E-state index in [1.54, 1.807) is 6.07 Å². The van der Waals surface area contributed by atoms with Gasteiger partial charge in [-0.25, -0.2) is 0 Å². The van der Waals surface area contributed by atoms with Crippen LogP contribution in [-0.4, -0.2) is 43.6 Å². The number of esters is 1. The molecule has 0 fully saturated rings. The average Bonchev–Trinajstić information content (AvgIpc) is 2.88. The number of halogens is 1. The maximum absolute atomic E-state index is 11.8. The van der Waals surface area contributed by atoms with Crippen molar-refractivity contribution in [3.05, 3.63) is 35.5 Å². The third kappa shape index (κ3) is 5.02. The number of carbonyl (C=O) groups is 1. The molecule has 0 aliphatic carbocycles. The van der Waals surface area contributed by atoms with E-state index in [-0.39, 0.29) is 19.1 Å². The van der Waals surface area contributed by atoms with Crippen molar-refractivity contribution in [1.29, 1.82) is 0 Å². The van der Waals surface area contributed by atoms with E-state index in [0.717, 1.165) is 10.9 Å². The van der Waals surface area contributed by atoms with Gasteiger partial charge in [0.15, 0.2) is 0 Å². The van der Waals surface area contributed by atoms with Crippen molar-refractivity contribution in [2.24, 2.45) is 0 Å². The molecule has 0 atom stereocenters. The molecule has 120 valence electrons. The molecule has 0 saturated carbocycles. The predicted octanol–water partition coefficient (Wildman–Crippen LogP) is 2.89. The van der Waals surface area contributed by atoms with Crippen molar-refractivity contribution in [1.82, 2.24) is 4.57 Å². The molecule has 1 aromatic carbocycles. The van der Waals surface area contributed by atoms with E-state index in [4.69, 9.17) is 25.8 Å². The van der Waals surface area contributed by atoms with Crippen LogP contribution in [0.1, 0.15) is 6.92 Å². The Hall–Kier alpha value is -1.56. The van der Waals surface area contributed by atoms with Crippen molar-refractivity contribution in [2.75, 3.05) is 33.0 Å². The molecule has 0 saturated heterocycles. The molecular weight excluding hydrogens is 306 g/mol. The van der Waals surface area contributed by atoms with Gasteiger partial charge in [-0.05, 0) is 31.2 Å². The first-order chi connectivity index (χ1) is 10.7. The largest absolute Gasteiger partial charge is 0.462 e. The SMILES string of the molecule is CCOCCOCCOC(=O)Cn1ccc2cc(Cl)ccc21. The van der Waals surface area contributed by atoms with Crippen molar-refractivity contribution in [2.45, 2.75) is 13.5 Å². The van der Waals surface area contributed by atoms with Crippen LogP contribution >= 0.6 is 11.6 Å². The van der Waals surface area contributed by atoms with Crippen molar-refractivity contribution in [3.8, 4) is 0 Å². The van der Waals surface area contributed by atoms with Gasteiger partial charge in [-0.2, -0.15) is 0 Å². The fraction of sp³-hybridized carbons (Fsp3) is 0.438. The predicted molar refractivity (Wildman–Crippen MR) is 85.2 cm³/mol. The first kappa shape index (κ1) is 16.8. The number of ether oxygens (including phenoxy) is 3. The minimum Gasteiger partial charge on any atom is -0.462 e. The number of carbonyl (C=O) groups excluding carboxylic acids is 1. The molecule has 0 bridgehead atoms. The fourth-order valence-corrected chi connectivity index (χ4v) is 2.25. The Kier molecular flexibility index (Phi) is 6.71. The van der Waals surface area contributed by atoms with Gasteiger partial charge in [0.25, 0.3) is 0 Å². The van der Waals surface area contributed by atoms with Gasteiger partial charge in [-0.15, -0.1) is 0 Å². The molecule has 22 heavy (non-hydrogen) atoms. The Labute approximate surface area is 134 Å². The van der Waals surface area contributed by atoms with Crippen LogP contribution in [0.15, 0.2) is 30.5 Å². The third-order valence-corrected chi connectivity index (χ3v) is 3.33. The molecule has 6 heteroatoms. The van der Waals surface area contributed by atoms with E-state index in [9.17, 15) is 4.79 Å². The van der Waals surface area contributed by atoms with E-state index in [0.29, 0.717) is 31.5 Å². The molecule has 0 amide bonds. The number of aromatic nitrogens is 1. The molecule has 5 nitrogen and oxygen atoms in total. The van der Waals surface area contributed by atoms with Gasteiger partial charge in [-0.1, -0.05) is 11.6 Å². The van der Waals surface area contributed by atoms with E-state index in [2.05, 4.69) is 0 Å². The molecule has 0 unspecified atom stereocenters. The highest BCUT2D eigenvalue weighted by Crippen LogP contribution is 2.20. The summed E-state index contributed by atoms with van der Waals surface area (Å²) in [5.41, 5.74) is 0.953. The lowest BCUT2D eigenvalue weighted by molar-refractivity contribution is -0.145. The van der Waals surface area contributed by atoms with Crippen LogP contribution in [0.5, 0.6) is 0 Å². The lowest BCUT2D eigenvalue weighted by Crippen LogP contribution is -2.16.